The zero-order valence-electron chi connectivity index (χ0n) is 14.6. The van der Waals surface area contributed by atoms with Crippen LogP contribution in [-0.2, 0) is 6.61 Å². The summed E-state index contributed by atoms with van der Waals surface area (Å²) in [7, 11) is 0. The Kier molecular flexibility index (Phi) is 7.41. The Bertz CT molecular complexity index is 787. The van der Waals surface area contributed by atoms with E-state index in [2.05, 4.69) is 17.1 Å². The molecule has 0 aliphatic heterocycles. The number of nitrogens with two attached hydrogens (primary N) is 2. The number of nitrogens with zero attached hydrogens (tertiary/aromatic N) is 2. The Balaban J connectivity index is 2.30. The van der Waals surface area contributed by atoms with Crippen LogP contribution in [-0.4, -0.2) is 11.7 Å². The van der Waals surface area contributed by atoms with Crippen molar-refractivity contribution >= 4 is 23.3 Å². The van der Waals surface area contributed by atoms with Gasteiger partial charge in [-0.3, -0.25) is 0 Å². The minimum Gasteiger partial charge on any atom is -0.488 e. The number of ether oxygens (including phenoxy) is 1. The number of guanidine groups is 1. The van der Waals surface area contributed by atoms with Crippen LogP contribution in [0.25, 0.3) is 0 Å². The smallest absolute Gasteiger partial charge is 0.211 e. The Labute approximate surface area is 157 Å². The highest BCUT2D eigenvalue weighted by molar-refractivity contribution is 6.31. The minimum atomic E-state index is -0.285. The second-order valence-corrected chi connectivity index (χ2v) is 6.17. The van der Waals surface area contributed by atoms with Crippen molar-refractivity contribution in [1.82, 2.24) is 0 Å². The van der Waals surface area contributed by atoms with Crippen LogP contribution < -0.4 is 16.2 Å². The lowest BCUT2D eigenvalue weighted by atomic mass is 10.0. The van der Waals surface area contributed by atoms with Gasteiger partial charge < -0.3 is 16.2 Å². The van der Waals surface area contributed by atoms with Gasteiger partial charge in [-0.25, -0.2) is 4.39 Å². The van der Waals surface area contributed by atoms with Gasteiger partial charge in [-0.15, -0.1) is 5.10 Å². The summed E-state index contributed by atoms with van der Waals surface area (Å²) < 4.78 is 18.9. The number of hydrogen-bond acceptors (Lipinski definition) is 3. The normalized spacial score (nSPS) is 11.3. The molecule has 5 nitrogen and oxygen atoms in total. The summed E-state index contributed by atoms with van der Waals surface area (Å²) in [5.41, 5.74) is 13.1. The van der Waals surface area contributed by atoms with E-state index in [1.165, 1.54) is 12.1 Å². The molecule has 0 aliphatic rings. The van der Waals surface area contributed by atoms with Crippen molar-refractivity contribution < 1.29 is 9.13 Å². The van der Waals surface area contributed by atoms with E-state index in [4.69, 9.17) is 27.8 Å². The lowest BCUT2D eigenvalue weighted by Gasteiger charge is -2.13. The molecule has 0 bridgehead atoms. The summed E-state index contributed by atoms with van der Waals surface area (Å²) in [5, 5.41) is 8.50. The molecular weight excluding hydrogens is 355 g/mol. The summed E-state index contributed by atoms with van der Waals surface area (Å²) in [6.07, 6.45) is 2.59. The predicted molar refractivity (Wildman–Crippen MR) is 104 cm³/mol. The number of rotatable bonds is 8. The number of benzene rings is 2. The van der Waals surface area contributed by atoms with Crippen LogP contribution in [0.15, 0.2) is 52.7 Å². The van der Waals surface area contributed by atoms with E-state index in [1.807, 2.05) is 0 Å². The third-order valence-corrected chi connectivity index (χ3v) is 3.85. The zero-order chi connectivity index (χ0) is 18.9. The van der Waals surface area contributed by atoms with Gasteiger partial charge >= 0.3 is 0 Å². The van der Waals surface area contributed by atoms with E-state index in [0.29, 0.717) is 22.9 Å². The van der Waals surface area contributed by atoms with Gasteiger partial charge in [0.05, 0.1) is 5.71 Å². The fourth-order valence-corrected chi connectivity index (χ4v) is 2.47. The number of halogens is 2. The summed E-state index contributed by atoms with van der Waals surface area (Å²) >= 11 is 6.15. The first-order chi connectivity index (χ1) is 12.5. The van der Waals surface area contributed by atoms with Gasteiger partial charge in [-0.1, -0.05) is 37.1 Å². The molecule has 2 rings (SSSR count). The van der Waals surface area contributed by atoms with Crippen molar-refractivity contribution in [2.75, 3.05) is 0 Å². The maximum atomic E-state index is 13.0. The summed E-state index contributed by atoms with van der Waals surface area (Å²) in [4.78, 5) is 0. The average Bonchev–Trinajstić information content (AvgIpc) is 2.62. The van der Waals surface area contributed by atoms with Crippen molar-refractivity contribution in [3.05, 3.63) is 64.4 Å². The molecule has 0 fully saturated rings. The monoisotopic (exact) mass is 376 g/mol. The molecule has 0 saturated heterocycles. The van der Waals surface area contributed by atoms with Crippen LogP contribution in [0, 0.1) is 5.82 Å². The first-order valence-electron chi connectivity index (χ1n) is 8.32. The van der Waals surface area contributed by atoms with Crippen molar-refractivity contribution in [2.24, 2.45) is 21.7 Å². The molecule has 0 aliphatic carbocycles. The first kappa shape index (κ1) is 19.7. The van der Waals surface area contributed by atoms with Crippen LogP contribution in [0.1, 0.15) is 37.3 Å². The van der Waals surface area contributed by atoms with Gasteiger partial charge in [-0.05, 0) is 48.7 Å². The van der Waals surface area contributed by atoms with Crippen LogP contribution in [0.3, 0.4) is 0 Å². The molecule has 2 aromatic carbocycles. The molecule has 0 aromatic heterocycles. The van der Waals surface area contributed by atoms with Crippen molar-refractivity contribution in [3.63, 3.8) is 0 Å². The van der Waals surface area contributed by atoms with Gasteiger partial charge in [0, 0.05) is 10.6 Å². The molecule has 7 heteroatoms. The number of hydrogen-bond donors (Lipinski definition) is 2. The standard InChI is InChI=1S/C19H22ClFN4O/c1-2-3-4-17(24-25-19(22)23)16-11-14(20)7-10-18(16)26-12-13-5-8-15(21)9-6-13/h5-11H,2-4,12H2,1H3,(H4,22,23,25)/b24-17+. The summed E-state index contributed by atoms with van der Waals surface area (Å²) in [6.45, 7) is 2.38. The van der Waals surface area contributed by atoms with Crippen molar-refractivity contribution in [3.8, 4) is 5.75 Å². The fraction of sp³-hybridized carbons (Fsp3) is 0.263. The third-order valence-electron chi connectivity index (χ3n) is 3.61. The lowest BCUT2D eigenvalue weighted by molar-refractivity contribution is 0.305. The maximum absolute atomic E-state index is 13.0. The second-order valence-electron chi connectivity index (χ2n) is 5.73. The van der Waals surface area contributed by atoms with Crippen LogP contribution in [0.5, 0.6) is 5.75 Å². The minimum absolute atomic E-state index is 0.116. The van der Waals surface area contributed by atoms with Crippen molar-refractivity contribution in [2.45, 2.75) is 32.8 Å². The second kappa shape index (κ2) is 9.77. The largest absolute Gasteiger partial charge is 0.488 e. The first-order valence-corrected chi connectivity index (χ1v) is 8.70. The molecule has 0 unspecified atom stereocenters. The fourth-order valence-electron chi connectivity index (χ4n) is 2.30. The molecular formula is C19H22ClFN4O. The highest BCUT2D eigenvalue weighted by atomic mass is 35.5. The predicted octanol–water partition coefficient (Wildman–Crippen LogP) is 4.23. The van der Waals surface area contributed by atoms with Gasteiger partial charge in [-0.2, -0.15) is 5.10 Å². The van der Waals surface area contributed by atoms with Crippen LogP contribution in [0.4, 0.5) is 4.39 Å². The Morgan fingerprint density at radius 1 is 1.12 bits per heavy atom. The zero-order valence-corrected chi connectivity index (χ0v) is 15.3. The summed E-state index contributed by atoms with van der Waals surface area (Å²) in [6, 6.07) is 11.4. The third kappa shape index (κ3) is 6.04. The SMILES string of the molecule is CCCC/C(=N\N=C(N)N)c1cc(Cl)ccc1OCc1ccc(F)cc1. The van der Waals surface area contributed by atoms with E-state index in [-0.39, 0.29) is 18.4 Å². The Morgan fingerprint density at radius 2 is 1.85 bits per heavy atom. The van der Waals surface area contributed by atoms with Gasteiger partial charge in [0.2, 0.25) is 5.96 Å². The Morgan fingerprint density at radius 3 is 2.50 bits per heavy atom. The number of unbranched alkanes of at least 4 members (excludes halogenated alkanes) is 1. The highest BCUT2D eigenvalue weighted by Crippen LogP contribution is 2.26. The highest BCUT2D eigenvalue weighted by Gasteiger charge is 2.12. The summed E-state index contributed by atoms with van der Waals surface area (Å²) in [5.74, 6) is 0.210. The van der Waals surface area contributed by atoms with Gasteiger partial charge in [0.15, 0.2) is 0 Å². The molecule has 2 aromatic rings. The van der Waals surface area contributed by atoms with E-state index in [0.717, 1.165) is 24.0 Å². The molecule has 0 amide bonds. The van der Waals surface area contributed by atoms with Crippen LogP contribution in [0.2, 0.25) is 5.02 Å². The lowest BCUT2D eigenvalue weighted by Crippen LogP contribution is -2.22. The van der Waals surface area contributed by atoms with E-state index >= 15 is 0 Å². The molecule has 0 atom stereocenters. The molecule has 4 N–H and O–H groups in total. The molecule has 0 saturated carbocycles. The van der Waals surface area contributed by atoms with Gasteiger partial charge in [0.1, 0.15) is 18.2 Å². The molecule has 26 heavy (non-hydrogen) atoms. The van der Waals surface area contributed by atoms with Gasteiger partial charge in [0.25, 0.3) is 0 Å². The molecule has 0 heterocycles. The van der Waals surface area contributed by atoms with E-state index in [1.54, 1.807) is 30.3 Å². The maximum Gasteiger partial charge on any atom is 0.211 e. The molecule has 0 radical (unpaired) electrons. The average molecular weight is 377 g/mol. The molecule has 138 valence electrons. The van der Waals surface area contributed by atoms with Crippen molar-refractivity contribution in [1.29, 1.82) is 0 Å². The topological polar surface area (TPSA) is 86.0 Å². The quantitative estimate of drug-likeness (QED) is 0.410. The Hall–Kier alpha value is -2.60. The van der Waals surface area contributed by atoms with E-state index in [9.17, 15) is 4.39 Å². The van der Waals surface area contributed by atoms with E-state index < -0.39 is 0 Å². The molecule has 0 spiro atoms. The van der Waals surface area contributed by atoms with Crippen LogP contribution >= 0.6 is 11.6 Å².